The van der Waals surface area contributed by atoms with Crippen molar-refractivity contribution >= 4 is 136 Å². The van der Waals surface area contributed by atoms with Gasteiger partial charge in [-0.25, -0.2) is 0 Å². The molecule has 0 N–H and O–H groups in total. The van der Waals surface area contributed by atoms with Crippen molar-refractivity contribution in [3.05, 3.63) is 293 Å². The minimum Gasteiger partial charge on any atom is -0.311 e. The molecule has 0 atom stereocenters. The number of hydrogen-bond acceptors (Lipinski definition) is 4. The largest absolute Gasteiger partial charge is 0.311 e. The van der Waals surface area contributed by atoms with Crippen LogP contribution in [0.15, 0.2) is 249 Å². The monoisotopic (exact) mass is 1100 g/mol. The molecule has 12 aromatic carbocycles. The van der Waals surface area contributed by atoms with Crippen LogP contribution in [-0.4, -0.2) is 18.0 Å². The van der Waals surface area contributed by atoms with Crippen molar-refractivity contribution in [3.63, 3.8) is 0 Å². The zero-order chi connectivity index (χ0) is 57.6. The predicted octanol–water partition coefficient (Wildman–Crippen LogP) is 16.4. The van der Waals surface area contributed by atoms with Crippen molar-refractivity contribution in [2.75, 3.05) is 19.6 Å². The quantitative estimate of drug-likeness (QED) is 0.141. The first-order chi connectivity index (χ1) is 42.1. The van der Waals surface area contributed by atoms with E-state index in [1.807, 2.05) is 0 Å². The lowest BCUT2D eigenvalue weighted by Gasteiger charge is -2.45. The SMILES string of the molecule is Cc1ccc(N2c3ccc(C)cc3B3c4cc(C)ccc4N(c4ccc(C)cc4)c4cc(N(c5ccccc5)c5cccc(Cc6ccc7c(c6)B6c8c(cc(C)cc8-n8c9ccccc9c9cccc6c98)N7c6ccc(C)cc6)c5)cc2c43)cc1. The average Bonchev–Trinajstić information content (AvgIpc) is 1.31. The number of aryl methyl sites for hydroxylation is 6. The highest BCUT2D eigenvalue weighted by atomic mass is 15.2. The fourth-order valence-electron chi connectivity index (χ4n) is 15.1. The molecule has 0 saturated carbocycles. The van der Waals surface area contributed by atoms with Crippen LogP contribution in [-0.2, 0) is 6.42 Å². The van der Waals surface area contributed by atoms with Gasteiger partial charge in [-0.05, 0) is 207 Å². The number of anilines is 12. The van der Waals surface area contributed by atoms with Crippen molar-refractivity contribution in [1.82, 2.24) is 4.57 Å². The van der Waals surface area contributed by atoms with E-state index in [1.165, 1.54) is 145 Å². The molecule has 0 radical (unpaired) electrons. The number of para-hydroxylation sites is 3. The molecular formula is C79H61B2N5. The van der Waals surface area contributed by atoms with Gasteiger partial charge in [0.05, 0.1) is 11.2 Å². The molecule has 7 heteroatoms. The van der Waals surface area contributed by atoms with Crippen LogP contribution in [0.4, 0.5) is 68.2 Å². The van der Waals surface area contributed by atoms with Gasteiger partial charge in [-0.1, -0.05) is 167 Å². The van der Waals surface area contributed by atoms with E-state index >= 15 is 0 Å². The second kappa shape index (κ2) is 19.1. The first-order valence-corrected chi connectivity index (χ1v) is 30.3. The van der Waals surface area contributed by atoms with Gasteiger partial charge in [-0.3, -0.25) is 0 Å². The van der Waals surface area contributed by atoms with Gasteiger partial charge in [0, 0.05) is 84.5 Å². The standard InChI is InChI=1S/C79H61B2N5/c1-49-22-31-58(32-23-49)83-72-39-30-56(46-68(72)80-65-20-13-19-64-63-18-10-11-21-69(63)86(79(64)65)74-43-54(6)42-73(83)77(74)80)44-55-14-12-17-61(45-55)82(57-15-8-7-9-16-57)62-47-75-78-76(48-62)85(60-35-26-51(3)27-36-60)71-38-29-53(5)41-67(71)81(78)66-40-52(4)28-37-70(66)84(75)59-33-24-50(2)25-34-59/h7-43,45-48H,44H2,1-6H3. The van der Waals surface area contributed by atoms with Crippen LogP contribution in [0.3, 0.4) is 0 Å². The smallest absolute Gasteiger partial charge is 0.252 e. The first kappa shape index (κ1) is 50.3. The summed E-state index contributed by atoms with van der Waals surface area (Å²) in [6, 6.07) is 94.8. The van der Waals surface area contributed by atoms with Gasteiger partial charge in [0.2, 0.25) is 0 Å². The van der Waals surface area contributed by atoms with Crippen LogP contribution in [0.25, 0.3) is 27.5 Å². The normalized spacial score (nSPS) is 13.2. The molecule has 5 heterocycles. The third-order valence-electron chi connectivity index (χ3n) is 18.8. The third-order valence-corrected chi connectivity index (χ3v) is 18.8. The van der Waals surface area contributed by atoms with Crippen molar-refractivity contribution < 1.29 is 0 Å². The molecule has 4 aliphatic heterocycles. The molecule has 5 nitrogen and oxygen atoms in total. The second-order valence-corrected chi connectivity index (χ2v) is 24.6. The van der Waals surface area contributed by atoms with Crippen LogP contribution in [0.2, 0.25) is 0 Å². The van der Waals surface area contributed by atoms with E-state index in [0.29, 0.717) is 0 Å². The number of nitrogens with zero attached hydrogens (tertiary/aromatic N) is 5. The summed E-state index contributed by atoms with van der Waals surface area (Å²) in [7, 11) is 0. The molecule has 1 aromatic heterocycles. The van der Waals surface area contributed by atoms with E-state index < -0.39 is 0 Å². The lowest BCUT2D eigenvalue weighted by molar-refractivity contribution is 1.16. The minimum absolute atomic E-state index is 0.00665. The van der Waals surface area contributed by atoms with E-state index in [4.69, 9.17) is 0 Å². The Balaban J connectivity index is 0.848. The summed E-state index contributed by atoms with van der Waals surface area (Å²) in [5.41, 5.74) is 35.8. The van der Waals surface area contributed by atoms with Gasteiger partial charge in [0.25, 0.3) is 13.4 Å². The number of rotatable bonds is 8. The van der Waals surface area contributed by atoms with Crippen molar-refractivity contribution in [1.29, 1.82) is 0 Å². The van der Waals surface area contributed by atoms with E-state index in [1.54, 1.807) is 0 Å². The molecule has 0 saturated heterocycles. The fraction of sp³-hybridized carbons (Fsp3) is 0.0886. The topological polar surface area (TPSA) is 17.9 Å². The Hall–Kier alpha value is -10.2. The molecule has 0 spiro atoms. The van der Waals surface area contributed by atoms with Crippen LogP contribution in [0, 0.1) is 41.5 Å². The molecule has 4 aliphatic rings. The van der Waals surface area contributed by atoms with Crippen molar-refractivity contribution in [3.8, 4) is 5.69 Å². The molecule has 17 rings (SSSR count). The number of hydrogen-bond donors (Lipinski definition) is 0. The molecule has 0 unspecified atom stereocenters. The maximum Gasteiger partial charge on any atom is 0.252 e. The number of fused-ring (bicyclic) bond motifs is 11. The molecule has 408 valence electrons. The zero-order valence-corrected chi connectivity index (χ0v) is 49.3. The first-order valence-electron chi connectivity index (χ1n) is 30.3. The van der Waals surface area contributed by atoms with Crippen LogP contribution >= 0.6 is 0 Å². The number of benzene rings is 12. The van der Waals surface area contributed by atoms with Gasteiger partial charge in [-0.15, -0.1) is 0 Å². The summed E-state index contributed by atoms with van der Waals surface area (Å²) in [5, 5.41) is 2.60. The van der Waals surface area contributed by atoms with E-state index in [0.717, 1.165) is 34.9 Å². The van der Waals surface area contributed by atoms with Gasteiger partial charge in [-0.2, -0.15) is 0 Å². The highest BCUT2D eigenvalue weighted by Crippen LogP contribution is 2.49. The zero-order valence-electron chi connectivity index (χ0n) is 49.3. The van der Waals surface area contributed by atoms with Crippen molar-refractivity contribution in [2.45, 2.75) is 48.0 Å². The predicted molar refractivity (Wildman–Crippen MR) is 366 cm³/mol. The van der Waals surface area contributed by atoms with Crippen LogP contribution in [0.5, 0.6) is 0 Å². The molecule has 86 heavy (non-hydrogen) atoms. The van der Waals surface area contributed by atoms with Gasteiger partial charge in [0.15, 0.2) is 0 Å². The van der Waals surface area contributed by atoms with Gasteiger partial charge in [0.1, 0.15) is 0 Å². The number of aromatic nitrogens is 1. The Labute approximate surface area is 504 Å². The Kier molecular flexibility index (Phi) is 11.2. The lowest BCUT2D eigenvalue weighted by atomic mass is 9.33. The van der Waals surface area contributed by atoms with Crippen LogP contribution < -0.4 is 52.4 Å². The maximum atomic E-state index is 2.56. The Bertz CT molecular complexity index is 4830. The minimum atomic E-state index is 0.00665. The Morgan fingerprint density at radius 3 is 1.38 bits per heavy atom. The Morgan fingerprint density at radius 2 is 0.767 bits per heavy atom. The molecular weight excluding hydrogens is 1040 g/mol. The second-order valence-electron chi connectivity index (χ2n) is 24.6. The third kappa shape index (κ3) is 7.66. The van der Waals surface area contributed by atoms with Crippen LogP contribution in [0.1, 0.15) is 44.5 Å². The highest BCUT2D eigenvalue weighted by Gasteiger charge is 2.45. The summed E-state index contributed by atoms with van der Waals surface area (Å²) in [4.78, 5) is 10.1. The van der Waals surface area contributed by atoms with E-state index in [9.17, 15) is 0 Å². The Morgan fingerprint density at radius 1 is 0.302 bits per heavy atom. The van der Waals surface area contributed by atoms with E-state index in [-0.39, 0.29) is 13.4 Å². The molecule has 0 amide bonds. The van der Waals surface area contributed by atoms with Gasteiger partial charge < -0.3 is 24.2 Å². The fourth-order valence-corrected chi connectivity index (χ4v) is 15.1. The molecule has 0 bridgehead atoms. The van der Waals surface area contributed by atoms with Crippen molar-refractivity contribution in [2.24, 2.45) is 0 Å². The maximum absolute atomic E-state index is 2.56. The summed E-state index contributed by atoms with van der Waals surface area (Å²) < 4.78 is 2.56. The molecule has 13 aromatic rings. The van der Waals surface area contributed by atoms with Gasteiger partial charge >= 0.3 is 0 Å². The molecule has 0 fully saturated rings. The summed E-state index contributed by atoms with van der Waals surface area (Å²) in [5.74, 6) is 0. The summed E-state index contributed by atoms with van der Waals surface area (Å²) >= 11 is 0. The summed E-state index contributed by atoms with van der Waals surface area (Å²) in [6.45, 7) is 13.3. The lowest BCUT2D eigenvalue weighted by Crippen LogP contribution is -2.61. The van der Waals surface area contributed by atoms with E-state index in [2.05, 4.69) is 314 Å². The average molecular weight is 1100 g/mol. The molecule has 0 aliphatic carbocycles. The summed E-state index contributed by atoms with van der Waals surface area (Å²) in [6.07, 6.45) is 0.755. The highest BCUT2D eigenvalue weighted by molar-refractivity contribution is 7.01.